The molecule has 2 aromatic carbocycles. The molecule has 0 heterocycles. The number of amides is 2. The molecule has 0 aromatic heterocycles. The van der Waals surface area contributed by atoms with Crippen LogP contribution in [0.1, 0.15) is 43.0 Å². The van der Waals surface area contributed by atoms with Crippen LogP contribution < -0.4 is 20.1 Å². The number of carbonyl (C=O) groups is 2. The Morgan fingerprint density at radius 3 is 2.25 bits per heavy atom. The molecule has 6 heteroatoms. The summed E-state index contributed by atoms with van der Waals surface area (Å²) >= 11 is 0. The zero-order chi connectivity index (χ0) is 19.8. The van der Waals surface area contributed by atoms with E-state index in [1.54, 1.807) is 48.5 Å². The van der Waals surface area contributed by atoms with E-state index in [1.165, 1.54) is 12.8 Å². The number of hydrogen-bond acceptors (Lipinski definition) is 4. The van der Waals surface area contributed by atoms with Gasteiger partial charge in [0, 0.05) is 11.3 Å². The van der Waals surface area contributed by atoms with Crippen LogP contribution in [0.15, 0.2) is 48.5 Å². The minimum atomic E-state index is -0.297. The van der Waals surface area contributed by atoms with Crippen molar-refractivity contribution in [1.82, 2.24) is 5.32 Å². The van der Waals surface area contributed by atoms with Crippen LogP contribution in [0, 0.1) is 0 Å². The average molecular weight is 382 g/mol. The normalized spacial score (nSPS) is 13.8. The maximum atomic E-state index is 12.2. The lowest BCUT2D eigenvalue weighted by Crippen LogP contribution is -2.32. The maximum Gasteiger partial charge on any atom is 0.251 e. The molecule has 1 fully saturated rings. The molecule has 1 aliphatic rings. The van der Waals surface area contributed by atoms with Crippen molar-refractivity contribution in [3.63, 3.8) is 0 Å². The molecular weight excluding hydrogens is 356 g/mol. The van der Waals surface area contributed by atoms with Gasteiger partial charge in [0.2, 0.25) is 5.91 Å². The van der Waals surface area contributed by atoms with Gasteiger partial charge in [-0.25, -0.2) is 0 Å². The lowest BCUT2D eigenvalue weighted by Gasteiger charge is -2.13. The molecule has 0 saturated heterocycles. The van der Waals surface area contributed by atoms with Gasteiger partial charge >= 0.3 is 0 Å². The third kappa shape index (κ3) is 5.74. The van der Waals surface area contributed by atoms with Crippen LogP contribution >= 0.6 is 0 Å². The van der Waals surface area contributed by atoms with Crippen LogP contribution in [0.5, 0.6) is 11.5 Å². The minimum Gasteiger partial charge on any atom is -0.494 e. The first-order valence-electron chi connectivity index (χ1n) is 9.71. The van der Waals surface area contributed by atoms with Crippen molar-refractivity contribution in [3.05, 3.63) is 54.1 Å². The monoisotopic (exact) mass is 382 g/mol. The number of anilines is 1. The molecule has 0 unspecified atom stereocenters. The summed E-state index contributed by atoms with van der Waals surface area (Å²) in [6.07, 6.45) is 4.89. The molecule has 0 aliphatic heterocycles. The smallest absolute Gasteiger partial charge is 0.251 e. The predicted octanol–water partition coefficient (Wildman–Crippen LogP) is 3.78. The number of ether oxygens (including phenoxy) is 2. The fraction of sp³-hybridized carbons (Fsp3) is 0.364. The summed E-state index contributed by atoms with van der Waals surface area (Å²) in [5, 5.41) is 5.37. The van der Waals surface area contributed by atoms with E-state index in [0.717, 1.165) is 24.3 Å². The molecule has 2 N–H and O–H groups in total. The van der Waals surface area contributed by atoms with Gasteiger partial charge in [-0.1, -0.05) is 0 Å². The first-order valence-corrected chi connectivity index (χ1v) is 9.71. The highest BCUT2D eigenvalue weighted by atomic mass is 16.5. The Bertz CT molecular complexity index is 781. The molecular formula is C22H26N2O4. The summed E-state index contributed by atoms with van der Waals surface area (Å²) < 4.78 is 11.3. The Labute approximate surface area is 165 Å². The zero-order valence-corrected chi connectivity index (χ0v) is 16.1. The van der Waals surface area contributed by atoms with Crippen LogP contribution in [0.25, 0.3) is 0 Å². The molecule has 2 amide bonds. The van der Waals surface area contributed by atoms with Gasteiger partial charge in [0.15, 0.2) is 0 Å². The van der Waals surface area contributed by atoms with Crippen molar-refractivity contribution < 1.29 is 19.1 Å². The number of hydrogen-bond donors (Lipinski definition) is 2. The van der Waals surface area contributed by atoms with Gasteiger partial charge in [0.25, 0.3) is 5.91 Å². The third-order valence-corrected chi connectivity index (χ3v) is 4.58. The zero-order valence-electron chi connectivity index (χ0n) is 16.1. The molecule has 28 heavy (non-hydrogen) atoms. The van der Waals surface area contributed by atoms with E-state index < -0.39 is 0 Å². The highest BCUT2D eigenvalue weighted by molar-refractivity contribution is 5.99. The molecule has 1 aliphatic carbocycles. The molecule has 2 aromatic rings. The number of carbonyl (C=O) groups excluding carboxylic acids is 2. The van der Waals surface area contributed by atoms with E-state index in [0.29, 0.717) is 17.9 Å². The Kier molecular flexibility index (Phi) is 6.89. The number of nitrogens with one attached hydrogen (secondary N) is 2. The highest BCUT2D eigenvalue weighted by Gasteiger charge is 2.16. The Hall–Kier alpha value is -3.02. The van der Waals surface area contributed by atoms with Crippen molar-refractivity contribution >= 4 is 17.5 Å². The second-order valence-corrected chi connectivity index (χ2v) is 6.74. The molecule has 0 radical (unpaired) electrons. The van der Waals surface area contributed by atoms with Gasteiger partial charge in [0.05, 0.1) is 19.3 Å². The van der Waals surface area contributed by atoms with E-state index in [2.05, 4.69) is 10.6 Å². The molecule has 0 spiro atoms. The predicted molar refractivity (Wildman–Crippen MR) is 108 cm³/mol. The van der Waals surface area contributed by atoms with E-state index in [1.807, 2.05) is 6.92 Å². The van der Waals surface area contributed by atoms with Gasteiger partial charge in [-0.05, 0) is 81.1 Å². The number of benzene rings is 2. The third-order valence-electron chi connectivity index (χ3n) is 4.58. The van der Waals surface area contributed by atoms with E-state index in [4.69, 9.17) is 9.47 Å². The quantitative estimate of drug-likeness (QED) is 0.729. The average Bonchev–Trinajstić information content (AvgIpc) is 3.21. The van der Waals surface area contributed by atoms with Crippen LogP contribution in [-0.4, -0.2) is 31.1 Å². The summed E-state index contributed by atoms with van der Waals surface area (Å²) in [5.74, 6) is 0.929. The molecule has 3 rings (SSSR count). The minimum absolute atomic E-state index is 0.105. The van der Waals surface area contributed by atoms with Gasteiger partial charge in [-0.3, -0.25) is 9.59 Å². The van der Waals surface area contributed by atoms with Crippen LogP contribution in [-0.2, 0) is 4.79 Å². The largest absolute Gasteiger partial charge is 0.494 e. The second-order valence-electron chi connectivity index (χ2n) is 6.74. The summed E-state index contributed by atoms with van der Waals surface area (Å²) in [6.45, 7) is 2.40. The molecule has 0 bridgehead atoms. The second kappa shape index (κ2) is 9.78. The lowest BCUT2D eigenvalue weighted by molar-refractivity contribution is -0.115. The lowest BCUT2D eigenvalue weighted by atomic mass is 10.2. The standard InChI is InChI=1S/C22H26N2O4/c1-2-27-18-13-9-17(10-14-18)24-21(25)15-23-22(26)16-7-11-20(12-8-16)28-19-5-3-4-6-19/h7-14,19H,2-6,15H2,1H3,(H,23,26)(H,24,25). The summed E-state index contributed by atoms with van der Waals surface area (Å²) in [5.41, 5.74) is 1.14. The van der Waals surface area contributed by atoms with Crippen molar-refractivity contribution in [3.8, 4) is 11.5 Å². The van der Waals surface area contributed by atoms with E-state index in [-0.39, 0.29) is 24.5 Å². The maximum absolute atomic E-state index is 12.2. The first kappa shape index (κ1) is 19.7. The Balaban J connectivity index is 1.44. The molecule has 0 atom stereocenters. The summed E-state index contributed by atoms with van der Waals surface area (Å²) in [6, 6.07) is 14.1. The van der Waals surface area contributed by atoms with E-state index in [9.17, 15) is 9.59 Å². The van der Waals surface area contributed by atoms with Gasteiger partial charge in [-0.15, -0.1) is 0 Å². The Morgan fingerprint density at radius 2 is 1.61 bits per heavy atom. The number of rotatable bonds is 8. The first-order chi connectivity index (χ1) is 13.6. The highest BCUT2D eigenvalue weighted by Crippen LogP contribution is 2.24. The summed E-state index contributed by atoms with van der Waals surface area (Å²) in [7, 11) is 0. The molecule has 148 valence electrons. The SMILES string of the molecule is CCOc1ccc(NC(=O)CNC(=O)c2ccc(OC3CCCC3)cc2)cc1. The van der Waals surface area contributed by atoms with Crippen LogP contribution in [0.4, 0.5) is 5.69 Å². The topological polar surface area (TPSA) is 76.7 Å². The molecule has 6 nitrogen and oxygen atoms in total. The van der Waals surface area contributed by atoms with Crippen molar-refractivity contribution in [2.45, 2.75) is 38.7 Å². The molecule has 1 saturated carbocycles. The summed E-state index contributed by atoms with van der Waals surface area (Å²) in [4.78, 5) is 24.3. The van der Waals surface area contributed by atoms with Crippen molar-refractivity contribution in [2.75, 3.05) is 18.5 Å². The fourth-order valence-corrected chi connectivity index (χ4v) is 3.15. The van der Waals surface area contributed by atoms with Crippen molar-refractivity contribution in [2.24, 2.45) is 0 Å². The van der Waals surface area contributed by atoms with Gasteiger partial charge in [-0.2, -0.15) is 0 Å². The fourth-order valence-electron chi connectivity index (χ4n) is 3.15. The van der Waals surface area contributed by atoms with E-state index >= 15 is 0 Å². The van der Waals surface area contributed by atoms with Crippen molar-refractivity contribution in [1.29, 1.82) is 0 Å². The van der Waals surface area contributed by atoms with Gasteiger partial charge < -0.3 is 20.1 Å². The Morgan fingerprint density at radius 1 is 0.964 bits per heavy atom. The van der Waals surface area contributed by atoms with Crippen LogP contribution in [0.3, 0.4) is 0 Å². The van der Waals surface area contributed by atoms with Crippen LogP contribution in [0.2, 0.25) is 0 Å². The van der Waals surface area contributed by atoms with Gasteiger partial charge in [0.1, 0.15) is 11.5 Å².